The zero-order valence-corrected chi connectivity index (χ0v) is 11.8. The molecule has 5 heteroatoms. The highest BCUT2D eigenvalue weighted by molar-refractivity contribution is 5.94. The third-order valence-electron chi connectivity index (χ3n) is 3.57. The standard InChI is InChI=1S/C15H21FN2O2/c1-20-12-2-7-17-8-10-18(11-9-17)15(19)13-3-5-14(16)6-4-13/h3-6H,2,7-12H2,1H3. The Morgan fingerprint density at radius 1 is 1.20 bits per heavy atom. The van der Waals surface area contributed by atoms with Crippen molar-refractivity contribution in [2.75, 3.05) is 46.4 Å². The van der Waals surface area contributed by atoms with Crippen molar-refractivity contribution in [1.29, 1.82) is 0 Å². The molecular weight excluding hydrogens is 259 g/mol. The lowest BCUT2D eigenvalue weighted by atomic mass is 10.1. The summed E-state index contributed by atoms with van der Waals surface area (Å²) in [6, 6.07) is 5.74. The highest BCUT2D eigenvalue weighted by atomic mass is 19.1. The van der Waals surface area contributed by atoms with Crippen molar-refractivity contribution in [3.05, 3.63) is 35.6 Å². The van der Waals surface area contributed by atoms with Crippen LogP contribution in [0.1, 0.15) is 16.8 Å². The van der Waals surface area contributed by atoms with E-state index >= 15 is 0 Å². The first-order valence-corrected chi connectivity index (χ1v) is 6.97. The van der Waals surface area contributed by atoms with Gasteiger partial charge in [0, 0.05) is 52.0 Å². The molecule has 0 unspecified atom stereocenters. The summed E-state index contributed by atoms with van der Waals surface area (Å²) in [5.41, 5.74) is 0.555. The molecule has 0 radical (unpaired) electrons. The summed E-state index contributed by atoms with van der Waals surface area (Å²) < 4.78 is 17.9. The Kier molecular flexibility index (Phi) is 5.49. The van der Waals surface area contributed by atoms with E-state index in [9.17, 15) is 9.18 Å². The van der Waals surface area contributed by atoms with Crippen LogP contribution in [0.25, 0.3) is 0 Å². The summed E-state index contributed by atoms with van der Waals surface area (Å²) in [5.74, 6) is -0.328. The molecule has 1 aromatic rings. The second-order valence-corrected chi connectivity index (χ2v) is 4.99. The second kappa shape index (κ2) is 7.36. The van der Waals surface area contributed by atoms with E-state index in [-0.39, 0.29) is 11.7 Å². The average Bonchev–Trinajstić information content (AvgIpc) is 2.48. The molecule has 1 heterocycles. The van der Waals surface area contributed by atoms with Crippen LogP contribution in [0.2, 0.25) is 0 Å². The summed E-state index contributed by atoms with van der Waals surface area (Å²) in [7, 11) is 1.71. The molecule has 2 rings (SSSR count). The highest BCUT2D eigenvalue weighted by Crippen LogP contribution is 2.10. The summed E-state index contributed by atoms with van der Waals surface area (Å²) in [4.78, 5) is 16.4. The van der Waals surface area contributed by atoms with Crippen molar-refractivity contribution in [3.8, 4) is 0 Å². The number of benzene rings is 1. The first kappa shape index (κ1) is 14.9. The SMILES string of the molecule is COCCCN1CCN(C(=O)c2ccc(F)cc2)CC1. The molecule has 4 nitrogen and oxygen atoms in total. The van der Waals surface area contributed by atoms with E-state index < -0.39 is 0 Å². The molecule has 1 amide bonds. The fourth-order valence-electron chi connectivity index (χ4n) is 2.38. The molecular formula is C15H21FN2O2. The molecule has 1 fully saturated rings. The van der Waals surface area contributed by atoms with Crippen LogP contribution in [0.15, 0.2) is 24.3 Å². The Bertz CT molecular complexity index is 428. The lowest BCUT2D eigenvalue weighted by molar-refractivity contribution is 0.0624. The minimum absolute atomic E-state index is 0.0125. The molecule has 0 atom stereocenters. The normalized spacial score (nSPS) is 16.4. The van der Waals surface area contributed by atoms with Gasteiger partial charge in [-0.05, 0) is 30.7 Å². The van der Waals surface area contributed by atoms with Crippen LogP contribution in [-0.4, -0.2) is 62.1 Å². The fourth-order valence-corrected chi connectivity index (χ4v) is 2.38. The van der Waals surface area contributed by atoms with Gasteiger partial charge in [0.05, 0.1) is 0 Å². The summed E-state index contributed by atoms with van der Waals surface area (Å²) >= 11 is 0. The molecule has 20 heavy (non-hydrogen) atoms. The van der Waals surface area contributed by atoms with Crippen molar-refractivity contribution >= 4 is 5.91 Å². The predicted molar refractivity (Wildman–Crippen MR) is 75.2 cm³/mol. The van der Waals surface area contributed by atoms with Gasteiger partial charge in [-0.3, -0.25) is 9.69 Å². The van der Waals surface area contributed by atoms with Gasteiger partial charge >= 0.3 is 0 Å². The van der Waals surface area contributed by atoms with E-state index in [1.807, 2.05) is 4.90 Å². The van der Waals surface area contributed by atoms with Crippen LogP contribution in [0.3, 0.4) is 0 Å². The minimum Gasteiger partial charge on any atom is -0.385 e. The van der Waals surface area contributed by atoms with E-state index in [1.54, 1.807) is 19.2 Å². The van der Waals surface area contributed by atoms with Gasteiger partial charge in [-0.25, -0.2) is 4.39 Å². The summed E-state index contributed by atoms with van der Waals surface area (Å²) in [5, 5.41) is 0. The Morgan fingerprint density at radius 3 is 2.45 bits per heavy atom. The largest absolute Gasteiger partial charge is 0.385 e. The molecule has 1 aliphatic heterocycles. The number of methoxy groups -OCH3 is 1. The van der Waals surface area contributed by atoms with Gasteiger partial charge in [-0.1, -0.05) is 0 Å². The Morgan fingerprint density at radius 2 is 1.85 bits per heavy atom. The number of amides is 1. The van der Waals surface area contributed by atoms with Gasteiger partial charge in [0.15, 0.2) is 0 Å². The first-order valence-electron chi connectivity index (χ1n) is 6.97. The van der Waals surface area contributed by atoms with Crippen molar-refractivity contribution in [2.24, 2.45) is 0 Å². The number of carbonyl (C=O) groups excluding carboxylic acids is 1. The van der Waals surface area contributed by atoms with Crippen LogP contribution in [0, 0.1) is 5.82 Å². The molecule has 1 aromatic carbocycles. The fraction of sp³-hybridized carbons (Fsp3) is 0.533. The number of carbonyl (C=O) groups is 1. The van der Waals surface area contributed by atoms with Crippen LogP contribution in [-0.2, 0) is 4.74 Å². The molecule has 0 spiro atoms. The average molecular weight is 280 g/mol. The Balaban J connectivity index is 1.81. The number of halogens is 1. The lowest BCUT2D eigenvalue weighted by Gasteiger charge is -2.34. The number of hydrogen-bond acceptors (Lipinski definition) is 3. The number of hydrogen-bond donors (Lipinski definition) is 0. The van der Waals surface area contributed by atoms with Crippen molar-refractivity contribution in [3.63, 3.8) is 0 Å². The van der Waals surface area contributed by atoms with Gasteiger partial charge in [0.2, 0.25) is 0 Å². The molecule has 0 aliphatic carbocycles. The zero-order chi connectivity index (χ0) is 14.4. The lowest BCUT2D eigenvalue weighted by Crippen LogP contribution is -2.48. The number of nitrogens with zero attached hydrogens (tertiary/aromatic N) is 2. The molecule has 0 aromatic heterocycles. The van der Waals surface area contributed by atoms with Gasteiger partial charge in [0.1, 0.15) is 5.82 Å². The molecule has 1 saturated heterocycles. The molecule has 1 aliphatic rings. The van der Waals surface area contributed by atoms with Gasteiger partial charge in [-0.15, -0.1) is 0 Å². The quantitative estimate of drug-likeness (QED) is 0.768. The zero-order valence-electron chi connectivity index (χ0n) is 11.8. The Labute approximate surface area is 119 Å². The van der Waals surface area contributed by atoms with Crippen LogP contribution in [0.5, 0.6) is 0 Å². The van der Waals surface area contributed by atoms with Crippen LogP contribution >= 0.6 is 0 Å². The van der Waals surface area contributed by atoms with Crippen LogP contribution < -0.4 is 0 Å². The maximum atomic E-state index is 12.8. The smallest absolute Gasteiger partial charge is 0.253 e. The Hall–Kier alpha value is -1.46. The van der Waals surface area contributed by atoms with E-state index in [1.165, 1.54) is 12.1 Å². The van der Waals surface area contributed by atoms with E-state index in [2.05, 4.69) is 4.90 Å². The van der Waals surface area contributed by atoms with E-state index in [4.69, 9.17) is 4.74 Å². The topological polar surface area (TPSA) is 32.8 Å². The van der Waals surface area contributed by atoms with E-state index in [0.717, 1.165) is 45.8 Å². The van der Waals surface area contributed by atoms with Crippen molar-refractivity contribution in [2.45, 2.75) is 6.42 Å². The number of ether oxygens (including phenoxy) is 1. The molecule has 0 bridgehead atoms. The maximum Gasteiger partial charge on any atom is 0.253 e. The second-order valence-electron chi connectivity index (χ2n) is 4.99. The van der Waals surface area contributed by atoms with Crippen molar-refractivity contribution < 1.29 is 13.9 Å². The maximum absolute atomic E-state index is 12.8. The summed E-state index contributed by atoms with van der Waals surface area (Å²) in [6.07, 6.45) is 1.02. The number of rotatable bonds is 5. The molecule has 110 valence electrons. The van der Waals surface area contributed by atoms with Crippen molar-refractivity contribution in [1.82, 2.24) is 9.80 Å². The van der Waals surface area contributed by atoms with Gasteiger partial charge in [-0.2, -0.15) is 0 Å². The molecule has 0 saturated carbocycles. The third-order valence-corrected chi connectivity index (χ3v) is 3.57. The highest BCUT2D eigenvalue weighted by Gasteiger charge is 2.21. The first-order chi connectivity index (χ1) is 9.70. The summed E-state index contributed by atoms with van der Waals surface area (Å²) in [6.45, 7) is 5.00. The number of piperazine rings is 1. The predicted octanol–water partition coefficient (Wildman–Crippen LogP) is 1.62. The monoisotopic (exact) mass is 280 g/mol. The minimum atomic E-state index is -0.315. The molecule has 0 N–H and O–H groups in total. The van der Waals surface area contributed by atoms with Crippen LogP contribution in [0.4, 0.5) is 4.39 Å². The van der Waals surface area contributed by atoms with Gasteiger partial charge < -0.3 is 9.64 Å². The third kappa shape index (κ3) is 4.02. The van der Waals surface area contributed by atoms with E-state index in [0.29, 0.717) is 5.56 Å². The van der Waals surface area contributed by atoms with Gasteiger partial charge in [0.25, 0.3) is 5.91 Å².